The van der Waals surface area contributed by atoms with Crippen molar-refractivity contribution in [2.24, 2.45) is 0 Å². The summed E-state index contributed by atoms with van der Waals surface area (Å²) in [4.78, 5) is 52.5. The Balaban J connectivity index is 2.09. The number of nitrogens with one attached hydrogen (secondary N) is 1. The summed E-state index contributed by atoms with van der Waals surface area (Å²) in [6, 6.07) is 5.93. The summed E-state index contributed by atoms with van der Waals surface area (Å²) in [5, 5.41) is 11.6. The summed E-state index contributed by atoms with van der Waals surface area (Å²) in [6.45, 7) is 4.36. The van der Waals surface area contributed by atoms with E-state index in [1.54, 1.807) is 12.1 Å². The molecule has 1 aromatic carbocycles. The van der Waals surface area contributed by atoms with Crippen LogP contribution >= 0.6 is 11.3 Å². The Morgan fingerprint density at radius 3 is 2.65 bits per heavy atom. The normalized spacial score (nSPS) is 11.0. The van der Waals surface area contributed by atoms with Gasteiger partial charge in [-0.2, -0.15) is 0 Å². The van der Waals surface area contributed by atoms with Gasteiger partial charge in [0.15, 0.2) is 5.69 Å². The van der Waals surface area contributed by atoms with Crippen LogP contribution in [0, 0.1) is 10.1 Å². The predicted octanol–water partition coefficient (Wildman–Crippen LogP) is 3.10. The van der Waals surface area contributed by atoms with Gasteiger partial charge in [-0.05, 0) is 25.0 Å². The van der Waals surface area contributed by atoms with Crippen LogP contribution in [-0.4, -0.2) is 26.9 Å². The monoisotopic (exact) mass is 445 g/mol. The van der Waals surface area contributed by atoms with E-state index < -0.39 is 22.1 Å². The number of thiophene rings is 1. The zero-order chi connectivity index (χ0) is 22.7. The van der Waals surface area contributed by atoms with Crippen molar-refractivity contribution in [3.05, 3.63) is 60.1 Å². The van der Waals surface area contributed by atoms with Crippen molar-refractivity contribution in [2.75, 3.05) is 17.2 Å². The molecule has 0 unspecified atom stereocenters. The molecule has 0 atom stereocenters. The molecule has 31 heavy (non-hydrogen) atoms. The third-order valence-corrected chi connectivity index (χ3v) is 5.94. The Labute approximate surface area is 181 Å². The number of hydrogen-bond acceptors (Lipinski definition) is 7. The number of amides is 1. The van der Waals surface area contributed by atoms with Crippen molar-refractivity contribution in [1.82, 2.24) is 9.55 Å². The van der Waals surface area contributed by atoms with Crippen LogP contribution in [0.2, 0.25) is 0 Å². The molecule has 0 spiro atoms. The number of benzene rings is 1. The Morgan fingerprint density at radius 2 is 2.00 bits per heavy atom. The van der Waals surface area contributed by atoms with Crippen LogP contribution in [0.15, 0.2) is 33.9 Å². The number of rotatable bonds is 8. The molecule has 0 saturated heterocycles. The molecule has 0 aliphatic carbocycles. The molecule has 1 amide bonds. The second kappa shape index (κ2) is 9.13. The molecule has 0 radical (unpaired) electrons. The molecule has 0 aliphatic heterocycles. The number of fused-ring (bicyclic) bond motifs is 1. The van der Waals surface area contributed by atoms with E-state index in [4.69, 9.17) is 5.73 Å². The largest absolute Gasteiger partial charge is 0.383 e. The molecule has 10 nitrogen and oxygen atoms in total. The van der Waals surface area contributed by atoms with Crippen molar-refractivity contribution in [3.8, 4) is 0 Å². The minimum absolute atomic E-state index is 0.0549. The average Bonchev–Trinajstić information content (AvgIpc) is 3.15. The van der Waals surface area contributed by atoms with Gasteiger partial charge in [0.05, 0.1) is 9.80 Å². The number of carbonyl (C=O) groups is 1. The molecule has 2 aromatic heterocycles. The zero-order valence-corrected chi connectivity index (χ0v) is 18.0. The van der Waals surface area contributed by atoms with Crippen molar-refractivity contribution in [1.29, 1.82) is 0 Å². The van der Waals surface area contributed by atoms with Gasteiger partial charge in [0, 0.05) is 35.3 Å². The summed E-state index contributed by atoms with van der Waals surface area (Å²) in [7, 11) is 0. The molecule has 11 heteroatoms. The maximum atomic E-state index is 13.3. The maximum absolute atomic E-state index is 13.3. The first kappa shape index (κ1) is 22.2. The summed E-state index contributed by atoms with van der Waals surface area (Å²) in [5.74, 6) is -0.510. The highest BCUT2D eigenvalue weighted by Crippen LogP contribution is 2.31. The van der Waals surface area contributed by atoms with E-state index in [1.807, 2.05) is 13.8 Å². The number of non-ortho nitro benzene ring substituents is 1. The van der Waals surface area contributed by atoms with E-state index in [2.05, 4.69) is 4.98 Å². The number of hydrogen-bond donors (Lipinski definition) is 2. The van der Waals surface area contributed by atoms with E-state index in [0.717, 1.165) is 6.42 Å². The number of nitro groups is 1. The minimum atomic E-state index is -0.728. The lowest BCUT2D eigenvalue weighted by Crippen LogP contribution is -2.41. The van der Waals surface area contributed by atoms with E-state index >= 15 is 0 Å². The lowest BCUT2D eigenvalue weighted by atomic mass is 10.2. The topological polar surface area (TPSA) is 144 Å². The van der Waals surface area contributed by atoms with Crippen molar-refractivity contribution < 1.29 is 9.72 Å². The van der Waals surface area contributed by atoms with E-state index in [9.17, 15) is 24.5 Å². The molecule has 3 aromatic rings. The fourth-order valence-electron chi connectivity index (χ4n) is 3.30. The molecular formula is C20H23N5O5S. The summed E-state index contributed by atoms with van der Waals surface area (Å²) in [6.07, 6.45) is 2.06. The third-order valence-electron chi connectivity index (χ3n) is 4.83. The highest BCUT2D eigenvalue weighted by atomic mass is 32.1. The molecule has 164 valence electrons. The molecule has 2 heterocycles. The van der Waals surface area contributed by atoms with Gasteiger partial charge < -0.3 is 5.73 Å². The number of nitrogen functional groups attached to an aromatic ring is 1. The van der Waals surface area contributed by atoms with Gasteiger partial charge in [0.2, 0.25) is 0 Å². The van der Waals surface area contributed by atoms with Crippen LogP contribution in [0.1, 0.15) is 42.8 Å². The Morgan fingerprint density at radius 1 is 1.26 bits per heavy atom. The van der Waals surface area contributed by atoms with Crippen molar-refractivity contribution >= 4 is 44.5 Å². The zero-order valence-electron chi connectivity index (χ0n) is 17.2. The van der Waals surface area contributed by atoms with Gasteiger partial charge >= 0.3 is 5.69 Å². The maximum Gasteiger partial charge on any atom is 0.330 e. The molecule has 0 aliphatic rings. The predicted molar refractivity (Wildman–Crippen MR) is 121 cm³/mol. The fraction of sp³-hybridized carbons (Fsp3) is 0.350. The number of anilines is 2. The van der Waals surface area contributed by atoms with Crippen LogP contribution in [0.4, 0.5) is 17.2 Å². The Hall–Kier alpha value is -3.47. The SMILES string of the molecule is CCCCn1c(N)c(N(CCC)C(=O)c2cc3cc([N+](=O)[O-])ccc3s2)c(=O)[nH]c1=O. The number of aromatic amines is 1. The summed E-state index contributed by atoms with van der Waals surface area (Å²) < 4.78 is 1.98. The standard InChI is InChI=1S/C20H23N5O5S/c1-3-5-9-24-17(21)16(18(26)22-20(24)28)23(8-4-2)19(27)15-11-12-10-13(25(29)30)6-7-14(12)31-15/h6-7,10-11H,3-5,8-9,21H2,1-2H3,(H,22,26,28). The smallest absolute Gasteiger partial charge is 0.330 e. The number of nitrogens with two attached hydrogens (primary N) is 1. The van der Waals surface area contributed by atoms with Crippen molar-refractivity contribution in [3.63, 3.8) is 0 Å². The van der Waals surface area contributed by atoms with Crippen molar-refractivity contribution in [2.45, 2.75) is 39.7 Å². The number of nitro benzene ring substituents is 1. The summed E-state index contributed by atoms with van der Waals surface area (Å²) >= 11 is 1.17. The quantitative estimate of drug-likeness (QED) is 0.403. The first-order valence-corrected chi connectivity index (χ1v) is 10.7. The Bertz CT molecular complexity index is 1260. The number of nitrogens with zero attached hydrogens (tertiary/aromatic N) is 3. The van der Waals surface area contributed by atoms with Crippen LogP contribution in [-0.2, 0) is 6.54 Å². The van der Waals surface area contributed by atoms with Crippen LogP contribution in [0.3, 0.4) is 0 Å². The number of aromatic nitrogens is 2. The lowest BCUT2D eigenvalue weighted by molar-refractivity contribution is -0.384. The van der Waals surface area contributed by atoms with E-state index in [-0.39, 0.29) is 23.7 Å². The van der Waals surface area contributed by atoms with Crippen LogP contribution in [0.5, 0.6) is 0 Å². The highest BCUT2D eigenvalue weighted by molar-refractivity contribution is 7.20. The third kappa shape index (κ3) is 4.36. The highest BCUT2D eigenvalue weighted by Gasteiger charge is 2.26. The van der Waals surface area contributed by atoms with Gasteiger partial charge in [-0.1, -0.05) is 20.3 Å². The van der Waals surface area contributed by atoms with Gasteiger partial charge in [-0.15, -0.1) is 11.3 Å². The molecule has 3 rings (SSSR count). The van der Waals surface area contributed by atoms with Crippen LogP contribution in [0.25, 0.3) is 10.1 Å². The molecule has 3 N–H and O–H groups in total. The second-order valence-electron chi connectivity index (χ2n) is 7.04. The first-order valence-electron chi connectivity index (χ1n) is 9.90. The fourth-order valence-corrected chi connectivity index (χ4v) is 4.29. The van der Waals surface area contributed by atoms with Gasteiger partial charge in [-0.25, -0.2) is 4.79 Å². The van der Waals surface area contributed by atoms with E-state index in [1.165, 1.54) is 32.9 Å². The average molecular weight is 446 g/mol. The van der Waals surface area contributed by atoms with Gasteiger partial charge in [0.1, 0.15) is 5.82 Å². The van der Waals surface area contributed by atoms with Crippen LogP contribution < -0.4 is 21.9 Å². The minimum Gasteiger partial charge on any atom is -0.383 e. The molecular weight excluding hydrogens is 422 g/mol. The second-order valence-corrected chi connectivity index (χ2v) is 8.13. The molecule has 0 saturated carbocycles. The molecule has 0 fully saturated rings. The molecule has 0 bridgehead atoms. The first-order chi connectivity index (χ1) is 14.8. The van der Waals surface area contributed by atoms with Gasteiger partial charge in [0.25, 0.3) is 17.2 Å². The number of carbonyl (C=O) groups excluding carboxylic acids is 1. The van der Waals surface area contributed by atoms with E-state index in [0.29, 0.717) is 34.3 Å². The lowest BCUT2D eigenvalue weighted by Gasteiger charge is -2.23. The number of H-pyrrole nitrogens is 1. The summed E-state index contributed by atoms with van der Waals surface area (Å²) in [5.41, 5.74) is 4.70. The van der Waals surface area contributed by atoms with Gasteiger partial charge in [-0.3, -0.25) is 34.2 Å². The number of unbranched alkanes of at least 4 members (excludes halogenated alkanes) is 1. The Kier molecular flexibility index (Phi) is 6.54.